The first kappa shape index (κ1) is 22.4. The molecule has 0 saturated carbocycles. The molecule has 0 aromatic heterocycles. The molecule has 0 saturated heterocycles. The molecule has 0 atom stereocenters. The van der Waals surface area contributed by atoms with Crippen LogP contribution in [0, 0.1) is 0 Å². The smallest absolute Gasteiger partial charge is 0.178 e. The van der Waals surface area contributed by atoms with Crippen LogP contribution in [0.2, 0.25) is 0 Å². The van der Waals surface area contributed by atoms with Crippen LogP contribution in [0.1, 0.15) is 16.7 Å². The fourth-order valence-electron chi connectivity index (χ4n) is 4.95. The summed E-state index contributed by atoms with van der Waals surface area (Å²) in [6.07, 6.45) is 8.28. The number of allylic oxidation sites excluding steroid dienone is 2. The maximum absolute atomic E-state index is 11.4. The van der Waals surface area contributed by atoms with Gasteiger partial charge in [0.1, 0.15) is 23.0 Å². The van der Waals surface area contributed by atoms with Crippen LogP contribution in [-0.2, 0) is 5.60 Å². The third-order valence-corrected chi connectivity index (χ3v) is 8.75. The van der Waals surface area contributed by atoms with Gasteiger partial charge >= 0.3 is 0 Å². The van der Waals surface area contributed by atoms with Crippen LogP contribution >= 0.6 is 10.9 Å². The van der Waals surface area contributed by atoms with Crippen LogP contribution in [0.25, 0.3) is 16.8 Å². The Bertz CT molecular complexity index is 1470. The number of ether oxygens (including phenoxy) is 3. The Kier molecular flexibility index (Phi) is 5.50. The molecule has 0 spiro atoms. The van der Waals surface area contributed by atoms with Gasteiger partial charge in [0, 0.05) is 32.4 Å². The monoisotopic (exact) mass is 494 g/mol. The predicted molar refractivity (Wildman–Crippen MR) is 148 cm³/mol. The highest BCUT2D eigenvalue weighted by Gasteiger charge is 2.39. The summed E-state index contributed by atoms with van der Waals surface area (Å²) >= 11 is 0. The van der Waals surface area contributed by atoms with E-state index in [-0.39, 0.29) is 0 Å². The van der Waals surface area contributed by atoms with Crippen molar-refractivity contribution in [3.8, 4) is 23.0 Å². The molecule has 0 aliphatic carbocycles. The highest BCUT2D eigenvalue weighted by Crippen LogP contribution is 2.57. The third kappa shape index (κ3) is 3.47. The molecule has 2 heterocycles. The van der Waals surface area contributed by atoms with Gasteiger partial charge in [-0.15, -0.1) is 0 Å². The van der Waals surface area contributed by atoms with Gasteiger partial charge in [0.15, 0.2) is 5.60 Å². The van der Waals surface area contributed by atoms with Gasteiger partial charge in [-0.05, 0) is 47.2 Å². The maximum Gasteiger partial charge on any atom is 0.178 e. The highest BCUT2D eigenvalue weighted by atomic mass is 32.2. The SMILES string of the molecule is COc1ccc(C2(c3ccc(OC)cc3)C=Cc3c([SH]4C=CC=C4)c(O)c4ccccc4c3O2)cc1. The third-order valence-electron chi connectivity index (χ3n) is 6.80. The van der Waals surface area contributed by atoms with Crippen molar-refractivity contribution in [2.75, 3.05) is 14.2 Å². The minimum Gasteiger partial charge on any atom is -0.506 e. The van der Waals surface area contributed by atoms with Crippen LogP contribution in [0.4, 0.5) is 0 Å². The second-order valence-electron chi connectivity index (χ2n) is 8.70. The molecule has 0 amide bonds. The van der Waals surface area contributed by atoms with Crippen LogP contribution in [-0.4, -0.2) is 19.3 Å². The molecule has 6 rings (SSSR count). The minimum absolute atomic E-state index is 0.321. The summed E-state index contributed by atoms with van der Waals surface area (Å²) in [5.74, 6) is 2.65. The number of phenols is 1. The number of methoxy groups -OCH3 is 2. The van der Waals surface area contributed by atoms with Gasteiger partial charge in [0.05, 0.1) is 14.2 Å². The van der Waals surface area contributed by atoms with Crippen molar-refractivity contribution in [3.63, 3.8) is 0 Å². The first-order valence-electron chi connectivity index (χ1n) is 11.7. The van der Waals surface area contributed by atoms with E-state index < -0.39 is 16.5 Å². The van der Waals surface area contributed by atoms with Crippen molar-refractivity contribution in [2.45, 2.75) is 10.5 Å². The standard InChI is InChI=1S/C31H26O4S/c1-33-23-13-9-21(10-14-23)31(22-11-15-24(34-2)16-12-22)18-17-27-29(35-31)26-8-4-3-7-25(26)28(32)30(27)36-19-5-6-20-36/h3-20,32,36H,1-2H3. The van der Waals surface area contributed by atoms with Gasteiger partial charge in [-0.1, -0.05) is 60.7 Å². The summed E-state index contributed by atoms with van der Waals surface area (Å²) in [5, 5.41) is 17.4. The Balaban J connectivity index is 1.62. The van der Waals surface area contributed by atoms with E-state index in [0.717, 1.165) is 49.6 Å². The minimum atomic E-state index is -0.878. The Morgan fingerprint density at radius 1 is 0.750 bits per heavy atom. The van der Waals surface area contributed by atoms with E-state index in [0.29, 0.717) is 5.75 Å². The van der Waals surface area contributed by atoms with E-state index in [9.17, 15) is 5.11 Å². The largest absolute Gasteiger partial charge is 0.506 e. The quantitative estimate of drug-likeness (QED) is 0.286. The van der Waals surface area contributed by atoms with Crippen molar-refractivity contribution in [1.29, 1.82) is 0 Å². The van der Waals surface area contributed by atoms with E-state index in [1.54, 1.807) is 14.2 Å². The molecule has 0 unspecified atom stereocenters. The van der Waals surface area contributed by atoms with Crippen LogP contribution in [0.15, 0.2) is 107 Å². The van der Waals surface area contributed by atoms with Crippen LogP contribution in [0.3, 0.4) is 0 Å². The molecule has 180 valence electrons. The lowest BCUT2D eigenvalue weighted by Gasteiger charge is -2.38. The average Bonchev–Trinajstić information content (AvgIpc) is 3.48. The summed E-state index contributed by atoms with van der Waals surface area (Å²) in [7, 11) is 2.55. The van der Waals surface area contributed by atoms with Crippen molar-refractivity contribution in [1.82, 2.24) is 0 Å². The summed E-state index contributed by atoms with van der Waals surface area (Å²) < 4.78 is 17.9. The zero-order valence-corrected chi connectivity index (χ0v) is 20.9. The Labute approximate surface area is 213 Å². The van der Waals surface area contributed by atoms with Crippen LogP contribution in [0.5, 0.6) is 23.0 Å². The molecule has 5 heteroatoms. The Morgan fingerprint density at radius 2 is 1.31 bits per heavy atom. The van der Waals surface area contributed by atoms with E-state index >= 15 is 0 Å². The molecule has 0 fully saturated rings. The molecule has 4 aromatic carbocycles. The van der Waals surface area contributed by atoms with Crippen molar-refractivity contribution < 1.29 is 19.3 Å². The molecule has 0 bridgehead atoms. The van der Waals surface area contributed by atoms with E-state index in [4.69, 9.17) is 14.2 Å². The Hall–Kier alpha value is -4.09. The average molecular weight is 495 g/mol. The maximum atomic E-state index is 11.4. The summed E-state index contributed by atoms with van der Waals surface area (Å²) in [5.41, 5.74) is 1.99. The lowest BCUT2D eigenvalue weighted by molar-refractivity contribution is 0.162. The van der Waals surface area contributed by atoms with E-state index in [1.165, 1.54) is 0 Å². The zero-order valence-electron chi connectivity index (χ0n) is 20.0. The second-order valence-corrected chi connectivity index (χ2v) is 10.6. The van der Waals surface area contributed by atoms with Gasteiger partial charge in [-0.3, -0.25) is 0 Å². The first-order valence-corrected chi connectivity index (χ1v) is 13.2. The fourth-order valence-corrected chi connectivity index (χ4v) is 6.74. The molecule has 36 heavy (non-hydrogen) atoms. The van der Waals surface area contributed by atoms with Crippen molar-refractivity contribution in [2.24, 2.45) is 0 Å². The number of thiol groups is 1. The molecule has 2 aliphatic heterocycles. The number of aromatic hydroxyl groups is 1. The number of benzene rings is 4. The number of hydrogen-bond acceptors (Lipinski definition) is 4. The molecule has 0 radical (unpaired) electrons. The van der Waals surface area contributed by atoms with Gasteiger partial charge in [-0.25, -0.2) is 0 Å². The van der Waals surface area contributed by atoms with Gasteiger partial charge in [0.25, 0.3) is 0 Å². The fraction of sp³-hybridized carbons (Fsp3) is 0.0968. The summed E-state index contributed by atoms with van der Waals surface area (Å²) in [6, 6.07) is 23.8. The molecule has 4 aromatic rings. The number of hydrogen-bond donors (Lipinski definition) is 2. The normalized spacial score (nSPS) is 16.1. The lowest BCUT2D eigenvalue weighted by Crippen LogP contribution is -2.34. The van der Waals surface area contributed by atoms with Crippen LogP contribution < -0.4 is 14.2 Å². The molecular formula is C31H26O4S. The van der Waals surface area contributed by atoms with Crippen molar-refractivity contribution >= 4 is 27.7 Å². The molecular weight excluding hydrogens is 468 g/mol. The molecule has 1 N–H and O–H groups in total. The predicted octanol–water partition coefficient (Wildman–Crippen LogP) is 7.31. The lowest BCUT2D eigenvalue weighted by atomic mass is 9.83. The zero-order chi connectivity index (χ0) is 24.7. The molecule has 2 aliphatic rings. The Morgan fingerprint density at radius 3 is 1.86 bits per heavy atom. The highest BCUT2D eigenvalue weighted by molar-refractivity contribution is 8.22. The summed E-state index contributed by atoms with van der Waals surface area (Å²) in [4.78, 5) is 0.915. The number of phenolic OH excluding ortho intramolecular Hbond substituents is 1. The number of rotatable bonds is 5. The second kappa shape index (κ2) is 8.85. The van der Waals surface area contributed by atoms with Crippen molar-refractivity contribution in [3.05, 3.63) is 119 Å². The first-order chi connectivity index (χ1) is 17.6. The number of fused-ring (bicyclic) bond motifs is 3. The molecule has 4 nitrogen and oxygen atoms in total. The van der Waals surface area contributed by atoms with Gasteiger partial charge in [0.2, 0.25) is 0 Å². The van der Waals surface area contributed by atoms with Gasteiger partial charge in [-0.2, -0.15) is 10.9 Å². The summed E-state index contributed by atoms with van der Waals surface area (Å²) in [6.45, 7) is 0. The van der Waals surface area contributed by atoms with Gasteiger partial charge < -0.3 is 19.3 Å². The van der Waals surface area contributed by atoms with E-state index in [1.807, 2.05) is 84.9 Å². The van der Waals surface area contributed by atoms with E-state index in [2.05, 4.69) is 23.0 Å². The topological polar surface area (TPSA) is 47.9 Å².